The summed E-state index contributed by atoms with van der Waals surface area (Å²) in [6.07, 6.45) is 7.93. The molecular weight excluding hydrogens is 154 g/mol. The molecule has 0 aliphatic heterocycles. The van der Waals surface area contributed by atoms with Crippen LogP contribution >= 0.6 is 11.5 Å². The molecule has 0 fully saturated rings. The Bertz CT molecular complexity index is 286. The average Bonchev–Trinajstić information content (AvgIpc) is 2.50. The van der Waals surface area contributed by atoms with E-state index < -0.39 is 0 Å². The van der Waals surface area contributed by atoms with Crippen molar-refractivity contribution in [3.8, 4) is 0 Å². The Balaban J connectivity index is 2.37. The standard InChI is InChI=1S/C9H11NS/c1-2-7-3-4-8-6-10-11-9(8)5-7/h5-6H,2-4H2,1H3. The highest BCUT2D eigenvalue weighted by atomic mass is 32.1. The number of allylic oxidation sites excluding steroid dienone is 1. The van der Waals surface area contributed by atoms with Crippen molar-refractivity contribution >= 4 is 17.6 Å². The van der Waals surface area contributed by atoms with Gasteiger partial charge in [0, 0.05) is 6.20 Å². The van der Waals surface area contributed by atoms with Crippen LogP contribution in [0.1, 0.15) is 30.2 Å². The Morgan fingerprint density at radius 3 is 3.27 bits per heavy atom. The number of aromatic nitrogens is 1. The van der Waals surface area contributed by atoms with Gasteiger partial charge in [-0.2, -0.15) is 0 Å². The molecule has 1 nitrogen and oxygen atoms in total. The SMILES string of the molecule is CCC1=Cc2sncc2CC1. The lowest BCUT2D eigenvalue weighted by Gasteiger charge is -2.09. The lowest BCUT2D eigenvalue weighted by atomic mass is 9.97. The predicted octanol–water partition coefficient (Wildman–Crippen LogP) is 2.88. The molecule has 1 aromatic rings. The molecule has 0 saturated carbocycles. The van der Waals surface area contributed by atoms with Gasteiger partial charge < -0.3 is 0 Å². The maximum Gasteiger partial charge on any atom is 0.0509 e. The minimum Gasteiger partial charge on any atom is -0.200 e. The topological polar surface area (TPSA) is 12.9 Å². The molecule has 0 saturated heterocycles. The molecule has 0 aromatic carbocycles. The molecule has 1 aromatic heterocycles. The lowest BCUT2D eigenvalue weighted by Crippen LogP contribution is -1.94. The highest BCUT2D eigenvalue weighted by Gasteiger charge is 2.10. The minimum absolute atomic E-state index is 1.19. The monoisotopic (exact) mass is 165 g/mol. The zero-order valence-corrected chi connectivity index (χ0v) is 7.45. The van der Waals surface area contributed by atoms with E-state index in [0.717, 1.165) is 0 Å². The van der Waals surface area contributed by atoms with E-state index >= 15 is 0 Å². The maximum atomic E-state index is 4.17. The third-order valence-electron chi connectivity index (χ3n) is 2.18. The van der Waals surface area contributed by atoms with Crippen LogP contribution in [0.25, 0.3) is 6.08 Å². The smallest absolute Gasteiger partial charge is 0.0509 e. The molecule has 0 radical (unpaired) electrons. The van der Waals surface area contributed by atoms with Crippen molar-refractivity contribution in [3.05, 3.63) is 22.2 Å². The zero-order valence-electron chi connectivity index (χ0n) is 6.63. The van der Waals surface area contributed by atoms with Crippen LogP contribution in [-0.2, 0) is 6.42 Å². The van der Waals surface area contributed by atoms with E-state index in [0.29, 0.717) is 0 Å². The van der Waals surface area contributed by atoms with Gasteiger partial charge in [0.05, 0.1) is 4.88 Å². The summed E-state index contributed by atoms with van der Waals surface area (Å²) in [7, 11) is 0. The first kappa shape index (κ1) is 7.04. The summed E-state index contributed by atoms with van der Waals surface area (Å²) in [5.74, 6) is 0. The fourth-order valence-electron chi connectivity index (χ4n) is 1.41. The molecule has 1 heterocycles. The molecule has 11 heavy (non-hydrogen) atoms. The zero-order chi connectivity index (χ0) is 7.68. The predicted molar refractivity (Wildman–Crippen MR) is 48.7 cm³/mol. The van der Waals surface area contributed by atoms with Crippen LogP contribution in [-0.4, -0.2) is 4.37 Å². The Hall–Kier alpha value is -0.630. The van der Waals surface area contributed by atoms with Crippen molar-refractivity contribution in [1.29, 1.82) is 0 Å². The van der Waals surface area contributed by atoms with Crippen molar-refractivity contribution in [3.63, 3.8) is 0 Å². The highest BCUT2D eigenvalue weighted by molar-refractivity contribution is 7.06. The van der Waals surface area contributed by atoms with E-state index in [1.54, 1.807) is 17.1 Å². The first-order valence-electron chi connectivity index (χ1n) is 4.03. The molecule has 0 atom stereocenters. The molecule has 0 amide bonds. The van der Waals surface area contributed by atoms with Crippen LogP contribution in [0.3, 0.4) is 0 Å². The molecule has 0 bridgehead atoms. The quantitative estimate of drug-likeness (QED) is 0.623. The average molecular weight is 165 g/mol. The van der Waals surface area contributed by atoms with Crippen molar-refractivity contribution in [2.75, 3.05) is 0 Å². The second-order valence-electron chi connectivity index (χ2n) is 2.87. The third kappa shape index (κ3) is 1.23. The minimum atomic E-state index is 1.19. The van der Waals surface area contributed by atoms with Crippen LogP contribution in [0.15, 0.2) is 11.8 Å². The van der Waals surface area contributed by atoms with Gasteiger partial charge in [-0.25, -0.2) is 4.37 Å². The van der Waals surface area contributed by atoms with Gasteiger partial charge in [0.15, 0.2) is 0 Å². The Labute approximate surface area is 70.9 Å². The summed E-state index contributed by atoms with van der Waals surface area (Å²) < 4.78 is 4.17. The van der Waals surface area contributed by atoms with E-state index in [4.69, 9.17) is 0 Å². The summed E-state index contributed by atoms with van der Waals surface area (Å²) in [4.78, 5) is 1.38. The van der Waals surface area contributed by atoms with Crippen LogP contribution in [0.5, 0.6) is 0 Å². The van der Waals surface area contributed by atoms with Gasteiger partial charge in [-0.05, 0) is 42.4 Å². The summed E-state index contributed by atoms with van der Waals surface area (Å²) in [5.41, 5.74) is 3.01. The van der Waals surface area contributed by atoms with E-state index in [2.05, 4.69) is 17.4 Å². The van der Waals surface area contributed by atoms with Gasteiger partial charge >= 0.3 is 0 Å². The van der Waals surface area contributed by atoms with Crippen LogP contribution < -0.4 is 0 Å². The molecule has 2 rings (SSSR count). The Morgan fingerprint density at radius 1 is 1.55 bits per heavy atom. The molecule has 1 aliphatic carbocycles. The molecule has 0 unspecified atom stereocenters. The van der Waals surface area contributed by atoms with Crippen molar-refractivity contribution < 1.29 is 0 Å². The van der Waals surface area contributed by atoms with Gasteiger partial charge in [-0.15, -0.1) is 0 Å². The van der Waals surface area contributed by atoms with Gasteiger partial charge in [0.2, 0.25) is 0 Å². The Morgan fingerprint density at radius 2 is 2.45 bits per heavy atom. The Kier molecular flexibility index (Phi) is 1.78. The van der Waals surface area contributed by atoms with Crippen molar-refractivity contribution in [2.45, 2.75) is 26.2 Å². The number of hydrogen-bond donors (Lipinski definition) is 0. The number of aryl methyl sites for hydroxylation is 1. The molecule has 1 aliphatic rings. The van der Waals surface area contributed by atoms with E-state index in [9.17, 15) is 0 Å². The van der Waals surface area contributed by atoms with E-state index in [1.807, 2.05) is 6.20 Å². The second-order valence-corrected chi connectivity index (χ2v) is 3.70. The van der Waals surface area contributed by atoms with Gasteiger partial charge in [0.1, 0.15) is 0 Å². The fourth-order valence-corrected chi connectivity index (χ4v) is 2.19. The fraction of sp³-hybridized carbons (Fsp3) is 0.444. The molecule has 0 spiro atoms. The highest BCUT2D eigenvalue weighted by Crippen LogP contribution is 2.27. The summed E-state index contributed by atoms with van der Waals surface area (Å²) in [5, 5.41) is 0. The van der Waals surface area contributed by atoms with Crippen LogP contribution in [0.2, 0.25) is 0 Å². The van der Waals surface area contributed by atoms with Gasteiger partial charge in [-0.1, -0.05) is 12.5 Å². The van der Waals surface area contributed by atoms with Crippen LogP contribution in [0.4, 0.5) is 0 Å². The van der Waals surface area contributed by atoms with Gasteiger partial charge in [0.25, 0.3) is 0 Å². The maximum absolute atomic E-state index is 4.17. The van der Waals surface area contributed by atoms with Crippen LogP contribution in [0, 0.1) is 0 Å². The number of fused-ring (bicyclic) bond motifs is 1. The third-order valence-corrected chi connectivity index (χ3v) is 2.97. The van der Waals surface area contributed by atoms with Crippen molar-refractivity contribution in [2.24, 2.45) is 0 Å². The molecule has 2 heteroatoms. The molecule has 0 N–H and O–H groups in total. The van der Waals surface area contributed by atoms with E-state index in [-0.39, 0.29) is 0 Å². The number of hydrogen-bond acceptors (Lipinski definition) is 2. The second kappa shape index (κ2) is 2.78. The first-order chi connectivity index (χ1) is 5.40. The first-order valence-corrected chi connectivity index (χ1v) is 4.80. The number of nitrogens with zero attached hydrogens (tertiary/aromatic N) is 1. The number of rotatable bonds is 1. The summed E-state index contributed by atoms with van der Waals surface area (Å²) >= 11 is 1.62. The lowest BCUT2D eigenvalue weighted by molar-refractivity contribution is 0.880. The van der Waals surface area contributed by atoms with Gasteiger partial charge in [-0.3, -0.25) is 0 Å². The largest absolute Gasteiger partial charge is 0.200 e. The van der Waals surface area contributed by atoms with E-state index in [1.165, 1.54) is 29.7 Å². The molecule has 58 valence electrons. The van der Waals surface area contributed by atoms with Crippen molar-refractivity contribution in [1.82, 2.24) is 4.37 Å². The molecular formula is C9H11NS. The summed E-state index contributed by atoms with van der Waals surface area (Å²) in [6.45, 7) is 2.22. The normalized spacial score (nSPS) is 15.9. The summed E-state index contributed by atoms with van der Waals surface area (Å²) in [6, 6.07) is 0.